The van der Waals surface area contributed by atoms with Crippen LogP contribution in [0.3, 0.4) is 0 Å². The molecule has 0 saturated carbocycles. The molecule has 0 unspecified atom stereocenters. The molecule has 0 aliphatic rings. The van der Waals surface area contributed by atoms with Gasteiger partial charge in [-0.1, -0.05) is 89.2 Å². The molecule has 130 valence electrons. The summed E-state index contributed by atoms with van der Waals surface area (Å²) in [7, 11) is 0. The molecule has 0 atom stereocenters. The van der Waals surface area contributed by atoms with Gasteiger partial charge >= 0.3 is 0 Å². The van der Waals surface area contributed by atoms with E-state index in [1.807, 2.05) is 30.3 Å². The lowest BCUT2D eigenvalue weighted by molar-refractivity contribution is 0.866. The standard InChI is InChI=1S/C24H22BrN/c1-3-16-26(18-20-10-6-4-7-11-20)24-15-14-22(25)17-23(24)19(2)21-12-8-5-9-13-21/h3-15,17H,1-2,16,18H2. The summed E-state index contributed by atoms with van der Waals surface area (Å²) in [5.41, 5.74) is 5.71. The second kappa shape index (κ2) is 8.68. The molecule has 0 bridgehead atoms. The Morgan fingerprint density at radius 2 is 1.58 bits per heavy atom. The third kappa shape index (κ3) is 4.33. The number of halogens is 1. The first-order chi connectivity index (χ1) is 12.7. The smallest absolute Gasteiger partial charge is 0.0452 e. The van der Waals surface area contributed by atoms with Crippen LogP contribution in [0.5, 0.6) is 0 Å². The fourth-order valence-corrected chi connectivity index (χ4v) is 3.39. The molecule has 0 aliphatic carbocycles. The maximum Gasteiger partial charge on any atom is 0.0452 e. The molecule has 0 spiro atoms. The summed E-state index contributed by atoms with van der Waals surface area (Å²) in [6.07, 6.45) is 1.94. The molecule has 0 fully saturated rings. The Kier molecular flexibility index (Phi) is 6.08. The average molecular weight is 404 g/mol. The van der Waals surface area contributed by atoms with Crippen molar-refractivity contribution in [3.8, 4) is 0 Å². The van der Waals surface area contributed by atoms with E-state index in [1.165, 1.54) is 5.56 Å². The molecule has 26 heavy (non-hydrogen) atoms. The van der Waals surface area contributed by atoms with Crippen LogP contribution in [0.1, 0.15) is 16.7 Å². The highest BCUT2D eigenvalue weighted by atomic mass is 79.9. The first kappa shape index (κ1) is 18.2. The Hall–Kier alpha value is -2.58. The van der Waals surface area contributed by atoms with Gasteiger partial charge < -0.3 is 4.90 Å². The van der Waals surface area contributed by atoms with E-state index >= 15 is 0 Å². The molecule has 0 radical (unpaired) electrons. The van der Waals surface area contributed by atoms with E-state index in [4.69, 9.17) is 0 Å². The zero-order valence-corrected chi connectivity index (χ0v) is 16.3. The van der Waals surface area contributed by atoms with Crippen LogP contribution >= 0.6 is 15.9 Å². The van der Waals surface area contributed by atoms with E-state index in [-0.39, 0.29) is 0 Å². The van der Waals surface area contributed by atoms with Gasteiger partial charge in [-0.25, -0.2) is 0 Å². The van der Waals surface area contributed by atoms with Crippen molar-refractivity contribution in [2.75, 3.05) is 11.4 Å². The fourth-order valence-electron chi connectivity index (χ4n) is 3.03. The topological polar surface area (TPSA) is 3.24 Å². The largest absolute Gasteiger partial charge is 0.363 e. The van der Waals surface area contributed by atoms with Crippen molar-refractivity contribution >= 4 is 27.2 Å². The number of anilines is 1. The Morgan fingerprint density at radius 3 is 2.23 bits per heavy atom. The predicted octanol–water partition coefficient (Wildman–Crippen LogP) is 6.70. The van der Waals surface area contributed by atoms with Crippen LogP contribution in [-0.4, -0.2) is 6.54 Å². The number of hydrogen-bond acceptors (Lipinski definition) is 1. The summed E-state index contributed by atoms with van der Waals surface area (Å²) in [6.45, 7) is 9.91. The molecule has 3 aromatic rings. The van der Waals surface area contributed by atoms with Crippen LogP contribution in [0.4, 0.5) is 5.69 Å². The average Bonchev–Trinajstić information content (AvgIpc) is 2.68. The van der Waals surface area contributed by atoms with Gasteiger partial charge in [-0.15, -0.1) is 6.58 Å². The Balaban J connectivity index is 2.02. The molecule has 0 heterocycles. The molecule has 0 amide bonds. The fraction of sp³-hybridized carbons (Fsp3) is 0.0833. The van der Waals surface area contributed by atoms with E-state index in [0.717, 1.165) is 39.9 Å². The third-order valence-corrected chi connectivity index (χ3v) is 4.81. The predicted molar refractivity (Wildman–Crippen MR) is 116 cm³/mol. The first-order valence-electron chi connectivity index (χ1n) is 8.63. The van der Waals surface area contributed by atoms with Gasteiger partial charge in [0.05, 0.1) is 0 Å². The molecule has 0 saturated heterocycles. The Morgan fingerprint density at radius 1 is 0.923 bits per heavy atom. The third-order valence-electron chi connectivity index (χ3n) is 4.31. The molecule has 3 aromatic carbocycles. The minimum Gasteiger partial charge on any atom is -0.363 e. The minimum absolute atomic E-state index is 0.769. The Bertz CT molecular complexity index is 885. The van der Waals surface area contributed by atoms with Crippen LogP contribution in [-0.2, 0) is 6.54 Å². The van der Waals surface area contributed by atoms with Crippen molar-refractivity contribution in [2.45, 2.75) is 6.54 Å². The number of nitrogens with zero attached hydrogens (tertiary/aromatic N) is 1. The van der Waals surface area contributed by atoms with Crippen LogP contribution in [0, 0.1) is 0 Å². The van der Waals surface area contributed by atoms with Crippen molar-refractivity contribution < 1.29 is 0 Å². The van der Waals surface area contributed by atoms with E-state index in [9.17, 15) is 0 Å². The van der Waals surface area contributed by atoms with Gasteiger partial charge in [-0.2, -0.15) is 0 Å². The second-order valence-corrected chi connectivity index (χ2v) is 7.08. The van der Waals surface area contributed by atoms with Crippen LogP contribution in [0.15, 0.2) is 103 Å². The highest BCUT2D eigenvalue weighted by molar-refractivity contribution is 9.10. The monoisotopic (exact) mass is 403 g/mol. The number of rotatable bonds is 7. The zero-order valence-electron chi connectivity index (χ0n) is 14.7. The molecule has 0 aliphatic heterocycles. The van der Waals surface area contributed by atoms with Crippen LogP contribution in [0.2, 0.25) is 0 Å². The summed E-state index contributed by atoms with van der Waals surface area (Å²) in [5, 5.41) is 0. The van der Waals surface area contributed by atoms with Gasteiger partial charge in [-0.3, -0.25) is 0 Å². The molecular weight excluding hydrogens is 382 g/mol. The summed E-state index contributed by atoms with van der Waals surface area (Å²) in [5.74, 6) is 0. The maximum absolute atomic E-state index is 4.37. The van der Waals surface area contributed by atoms with E-state index < -0.39 is 0 Å². The quantitative estimate of drug-likeness (QED) is 0.396. The zero-order chi connectivity index (χ0) is 18.4. The van der Waals surface area contributed by atoms with Crippen molar-refractivity contribution in [2.24, 2.45) is 0 Å². The number of benzene rings is 3. The lowest BCUT2D eigenvalue weighted by Crippen LogP contribution is -2.23. The molecule has 3 rings (SSSR count). The van der Waals surface area contributed by atoms with Gasteiger partial charge in [0, 0.05) is 28.8 Å². The first-order valence-corrected chi connectivity index (χ1v) is 9.42. The molecule has 1 nitrogen and oxygen atoms in total. The highest BCUT2D eigenvalue weighted by Crippen LogP contribution is 2.33. The van der Waals surface area contributed by atoms with Crippen molar-refractivity contribution in [3.05, 3.63) is 119 Å². The van der Waals surface area contributed by atoms with Crippen LogP contribution in [0.25, 0.3) is 5.57 Å². The van der Waals surface area contributed by atoms with Crippen molar-refractivity contribution in [1.29, 1.82) is 0 Å². The minimum atomic E-state index is 0.769. The SMILES string of the molecule is C=CCN(Cc1ccccc1)c1ccc(Br)cc1C(=C)c1ccccc1. The molecule has 2 heteroatoms. The van der Waals surface area contributed by atoms with E-state index in [0.29, 0.717) is 0 Å². The van der Waals surface area contributed by atoms with Gasteiger partial charge in [-0.05, 0) is 34.9 Å². The van der Waals surface area contributed by atoms with Crippen molar-refractivity contribution in [3.63, 3.8) is 0 Å². The summed E-state index contributed by atoms with van der Waals surface area (Å²) in [6, 6.07) is 27.2. The molecular formula is C24H22BrN. The highest BCUT2D eigenvalue weighted by Gasteiger charge is 2.14. The van der Waals surface area contributed by atoms with E-state index in [2.05, 4.69) is 88.6 Å². The second-order valence-electron chi connectivity index (χ2n) is 6.16. The number of hydrogen-bond donors (Lipinski definition) is 0. The molecule has 0 N–H and O–H groups in total. The normalized spacial score (nSPS) is 10.3. The summed E-state index contributed by atoms with van der Waals surface area (Å²) < 4.78 is 1.05. The maximum atomic E-state index is 4.37. The lowest BCUT2D eigenvalue weighted by Gasteiger charge is -2.27. The summed E-state index contributed by atoms with van der Waals surface area (Å²) in [4.78, 5) is 2.33. The van der Waals surface area contributed by atoms with E-state index in [1.54, 1.807) is 0 Å². The lowest BCUT2D eigenvalue weighted by atomic mass is 9.97. The Labute approximate surface area is 164 Å². The van der Waals surface area contributed by atoms with Gasteiger partial charge in [0.25, 0.3) is 0 Å². The molecule has 0 aromatic heterocycles. The van der Waals surface area contributed by atoms with Gasteiger partial charge in [0.15, 0.2) is 0 Å². The van der Waals surface area contributed by atoms with Gasteiger partial charge in [0.1, 0.15) is 0 Å². The van der Waals surface area contributed by atoms with Crippen molar-refractivity contribution in [1.82, 2.24) is 0 Å². The van der Waals surface area contributed by atoms with Crippen LogP contribution < -0.4 is 4.90 Å². The van der Waals surface area contributed by atoms with Gasteiger partial charge in [0.2, 0.25) is 0 Å². The summed E-state index contributed by atoms with van der Waals surface area (Å²) >= 11 is 3.61.